The molecular formula is C20H15FN4O2S. The number of aryl methyl sites for hydroxylation is 1. The van der Waals surface area contributed by atoms with Gasteiger partial charge in [-0.25, -0.2) is 14.4 Å². The predicted molar refractivity (Wildman–Crippen MR) is 107 cm³/mol. The maximum Gasteiger partial charge on any atom is 0.270 e. The zero-order valence-corrected chi connectivity index (χ0v) is 15.4. The molecule has 28 heavy (non-hydrogen) atoms. The molecule has 0 spiro atoms. The van der Waals surface area contributed by atoms with E-state index in [1.807, 2.05) is 12.1 Å². The van der Waals surface area contributed by atoms with Crippen LogP contribution in [0.25, 0.3) is 22.3 Å². The van der Waals surface area contributed by atoms with E-state index in [1.165, 1.54) is 23.5 Å². The highest BCUT2D eigenvalue weighted by atomic mass is 32.1. The van der Waals surface area contributed by atoms with Gasteiger partial charge in [0.25, 0.3) is 5.56 Å². The first-order valence-corrected chi connectivity index (χ1v) is 9.46. The molecule has 0 unspecified atom stereocenters. The average Bonchev–Trinajstić information content (AvgIpc) is 3.15. The summed E-state index contributed by atoms with van der Waals surface area (Å²) in [4.78, 5) is 35.8. The molecule has 6 nitrogen and oxygen atoms in total. The Morgan fingerprint density at radius 1 is 1.11 bits per heavy atom. The van der Waals surface area contributed by atoms with E-state index in [-0.39, 0.29) is 30.1 Å². The van der Waals surface area contributed by atoms with Gasteiger partial charge in [-0.05, 0) is 36.4 Å². The molecule has 0 saturated heterocycles. The fraction of sp³-hybridized carbons (Fsp3) is 0.100. The van der Waals surface area contributed by atoms with Gasteiger partial charge in [-0.3, -0.25) is 9.59 Å². The van der Waals surface area contributed by atoms with E-state index in [4.69, 9.17) is 0 Å². The molecule has 0 aliphatic carbocycles. The number of fused-ring (bicyclic) bond motifs is 1. The number of anilines is 1. The third-order valence-corrected chi connectivity index (χ3v) is 4.91. The minimum absolute atomic E-state index is 0.111. The number of nitrogens with zero attached hydrogens (tertiary/aromatic N) is 2. The third kappa shape index (κ3) is 3.96. The van der Waals surface area contributed by atoms with Crippen molar-refractivity contribution in [2.75, 3.05) is 5.32 Å². The summed E-state index contributed by atoms with van der Waals surface area (Å²) in [6.07, 6.45) is 0.335. The minimum Gasteiger partial charge on any atom is -0.319 e. The van der Waals surface area contributed by atoms with Crippen LogP contribution < -0.4 is 10.9 Å². The molecule has 2 aromatic heterocycles. The molecule has 2 aromatic carbocycles. The van der Waals surface area contributed by atoms with Crippen LogP contribution in [0.5, 0.6) is 0 Å². The Kier molecular flexibility index (Phi) is 4.94. The number of H-pyrrole nitrogens is 1. The van der Waals surface area contributed by atoms with E-state index >= 15 is 0 Å². The van der Waals surface area contributed by atoms with Crippen LogP contribution >= 0.6 is 11.3 Å². The number of hydrogen-bond donors (Lipinski definition) is 2. The summed E-state index contributed by atoms with van der Waals surface area (Å²) >= 11 is 1.28. The Balaban J connectivity index is 1.41. The maximum atomic E-state index is 13.0. The molecule has 140 valence electrons. The van der Waals surface area contributed by atoms with Crippen LogP contribution in [0.3, 0.4) is 0 Å². The van der Waals surface area contributed by atoms with Crippen LogP contribution in [0, 0.1) is 5.82 Å². The topological polar surface area (TPSA) is 87.7 Å². The number of nitrogens with one attached hydrogen (secondary N) is 2. The minimum atomic E-state index is -0.315. The number of rotatable bonds is 5. The smallest absolute Gasteiger partial charge is 0.270 e. The normalized spacial score (nSPS) is 10.9. The molecule has 0 bridgehead atoms. The SMILES string of the molecule is O=C(CCc1nc2ccccc2[nH]c1=O)Nc1nc(-c2ccc(F)cc2)cs1. The number of carbonyl (C=O) groups is 1. The quantitative estimate of drug-likeness (QED) is 0.540. The fourth-order valence-corrected chi connectivity index (χ4v) is 3.47. The standard InChI is InChI=1S/C20H15FN4O2S/c21-13-7-5-12(6-8-13)17-11-28-20(24-17)25-18(26)10-9-16-19(27)23-15-4-2-1-3-14(15)22-16/h1-8,11H,9-10H2,(H,23,27)(H,24,25,26). The lowest BCUT2D eigenvalue weighted by atomic mass is 10.2. The number of hydrogen-bond acceptors (Lipinski definition) is 5. The van der Waals surface area contributed by atoms with Crippen molar-refractivity contribution in [1.29, 1.82) is 0 Å². The Bertz CT molecular complexity index is 1200. The predicted octanol–water partition coefficient (Wildman–Crippen LogP) is 3.76. The zero-order chi connectivity index (χ0) is 19.5. The van der Waals surface area contributed by atoms with Crippen molar-refractivity contribution >= 4 is 33.4 Å². The van der Waals surface area contributed by atoms with Gasteiger partial charge in [0.15, 0.2) is 5.13 Å². The summed E-state index contributed by atoms with van der Waals surface area (Å²) in [5, 5.41) is 4.96. The molecule has 1 amide bonds. The van der Waals surface area contributed by atoms with Gasteiger partial charge in [-0.15, -0.1) is 11.3 Å². The molecule has 0 aliphatic rings. The second-order valence-corrected chi connectivity index (χ2v) is 6.98. The summed E-state index contributed by atoms with van der Waals surface area (Å²) in [6.45, 7) is 0. The Hall–Kier alpha value is -3.39. The van der Waals surface area contributed by atoms with Crippen LogP contribution in [0.2, 0.25) is 0 Å². The zero-order valence-electron chi connectivity index (χ0n) is 14.6. The van der Waals surface area contributed by atoms with E-state index in [0.717, 1.165) is 5.56 Å². The van der Waals surface area contributed by atoms with Gasteiger partial charge in [0.05, 0.1) is 16.7 Å². The molecule has 0 aliphatic heterocycles. The van der Waals surface area contributed by atoms with E-state index in [9.17, 15) is 14.0 Å². The van der Waals surface area contributed by atoms with E-state index in [1.54, 1.807) is 29.6 Å². The van der Waals surface area contributed by atoms with Crippen molar-refractivity contribution in [3.8, 4) is 11.3 Å². The Morgan fingerprint density at radius 2 is 1.89 bits per heavy atom. The van der Waals surface area contributed by atoms with Crippen molar-refractivity contribution in [3.63, 3.8) is 0 Å². The summed E-state index contributed by atoms with van der Waals surface area (Å²) < 4.78 is 13.0. The van der Waals surface area contributed by atoms with Crippen LogP contribution in [-0.4, -0.2) is 20.9 Å². The lowest BCUT2D eigenvalue weighted by molar-refractivity contribution is -0.116. The summed E-state index contributed by atoms with van der Waals surface area (Å²) in [6, 6.07) is 13.2. The average molecular weight is 394 g/mol. The van der Waals surface area contributed by atoms with Gasteiger partial charge in [-0.1, -0.05) is 12.1 Å². The molecule has 2 N–H and O–H groups in total. The van der Waals surface area contributed by atoms with Crippen molar-refractivity contribution in [1.82, 2.24) is 15.0 Å². The van der Waals surface area contributed by atoms with Crippen LogP contribution in [0.1, 0.15) is 12.1 Å². The van der Waals surface area contributed by atoms with Gasteiger partial charge in [0, 0.05) is 23.8 Å². The highest BCUT2D eigenvalue weighted by Crippen LogP contribution is 2.25. The number of thiazole rings is 1. The highest BCUT2D eigenvalue weighted by molar-refractivity contribution is 7.14. The lowest BCUT2D eigenvalue weighted by Crippen LogP contribution is -2.18. The second-order valence-electron chi connectivity index (χ2n) is 6.12. The van der Waals surface area contributed by atoms with E-state index in [2.05, 4.69) is 20.3 Å². The number of benzene rings is 2. The number of halogens is 1. The van der Waals surface area contributed by atoms with Crippen molar-refractivity contribution in [2.24, 2.45) is 0 Å². The Labute approximate surface area is 163 Å². The lowest BCUT2D eigenvalue weighted by Gasteiger charge is -2.03. The van der Waals surface area contributed by atoms with Crippen LogP contribution in [-0.2, 0) is 11.2 Å². The second kappa shape index (κ2) is 7.69. The molecule has 0 saturated carbocycles. The molecule has 0 radical (unpaired) electrons. The molecule has 8 heteroatoms. The fourth-order valence-electron chi connectivity index (χ4n) is 2.73. The monoisotopic (exact) mass is 394 g/mol. The number of carbonyl (C=O) groups excluding carboxylic acids is 1. The van der Waals surface area contributed by atoms with Gasteiger partial charge in [-0.2, -0.15) is 0 Å². The first-order valence-electron chi connectivity index (χ1n) is 8.58. The summed E-state index contributed by atoms with van der Waals surface area (Å²) in [7, 11) is 0. The molecule has 0 fully saturated rings. The van der Waals surface area contributed by atoms with E-state index in [0.29, 0.717) is 27.6 Å². The summed E-state index contributed by atoms with van der Waals surface area (Å²) in [5.41, 5.74) is 2.80. The van der Waals surface area contributed by atoms with E-state index < -0.39 is 0 Å². The van der Waals surface area contributed by atoms with Gasteiger partial charge < -0.3 is 10.3 Å². The third-order valence-electron chi connectivity index (χ3n) is 4.15. The van der Waals surface area contributed by atoms with Gasteiger partial charge in [0.1, 0.15) is 11.5 Å². The van der Waals surface area contributed by atoms with Crippen molar-refractivity contribution < 1.29 is 9.18 Å². The van der Waals surface area contributed by atoms with Crippen LogP contribution in [0.15, 0.2) is 58.7 Å². The number of amides is 1. The highest BCUT2D eigenvalue weighted by Gasteiger charge is 2.11. The first-order chi connectivity index (χ1) is 13.6. The molecule has 2 heterocycles. The Morgan fingerprint density at radius 3 is 2.71 bits per heavy atom. The largest absolute Gasteiger partial charge is 0.319 e. The van der Waals surface area contributed by atoms with Crippen molar-refractivity contribution in [3.05, 3.63) is 75.8 Å². The molecule has 4 rings (SSSR count). The first kappa shape index (κ1) is 18.0. The molecular weight excluding hydrogens is 379 g/mol. The summed E-state index contributed by atoms with van der Waals surface area (Å²) in [5.74, 6) is -0.570. The van der Waals surface area contributed by atoms with Gasteiger partial charge in [0.2, 0.25) is 5.91 Å². The number of aromatic nitrogens is 3. The van der Waals surface area contributed by atoms with Crippen LogP contribution in [0.4, 0.5) is 9.52 Å². The molecule has 0 atom stereocenters. The van der Waals surface area contributed by atoms with Crippen molar-refractivity contribution in [2.45, 2.75) is 12.8 Å². The van der Waals surface area contributed by atoms with Gasteiger partial charge >= 0.3 is 0 Å². The maximum absolute atomic E-state index is 13.0. The number of aromatic amines is 1. The molecule has 4 aromatic rings. The number of para-hydroxylation sites is 2.